The van der Waals surface area contributed by atoms with Crippen LogP contribution in [0.2, 0.25) is 5.02 Å². The Morgan fingerprint density at radius 2 is 2.10 bits per heavy atom. The van der Waals surface area contributed by atoms with E-state index < -0.39 is 10.5 Å². The second kappa shape index (κ2) is 5.76. The highest BCUT2D eigenvalue weighted by atomic mass is 35.5. The SMILES string of the molecule is NC1(CC(=O)Nc2ccc([N+](=O)[O-])cc2Cl)CCCC1. The number of hydrogen-bond acceptors (Lipinski definition) is 4. The number of rotatable bonds is 4. The molecule has 0 aliphatic heterocycles. The third-order valence-electron chi connectivity index (χ3n) is 3.55. The fourth-order valence-corrected chi connectivity index (χ4v) is 2.71. The smallest absolute Gasteiger partial charge is 0.271 e. The zero-order valence-electron chi connectivity index (χ0n) is 10.9. The van der Waals surface area contributed by atoms with Gasteiger partial charge < -0.3 is 11.1 Å². The van der Waals surface area contributed by atoms with Crippen LogP contribution in [0.15, 0.2) is 18.2 Å². The first-order valence-electron chi connectivity index (χ1n) is 6.42. The molecule has 6 nitrogen and oxygen atoms in total. The molecule has 0 atom stereocenters. The highest BCUT2D eigenvalue weighted by Crippen LogP contribution is 2.31. The van der Waals surface area contributed by atoms with Crippen LogP contribution >= 0.6 is 11.6 Å². The third kappa shape index (κ3) is 3.46. The molecule has 1 saturated carbocycles. The van der Waals surface area contributed by atoms with Crippen molar-refractivity contribution in [2.24, 2.45) is 5.73 Å². The molecule has 0 radical (unpaired) electrons. The van der Waals surface area contributed by atoms with Crippen LogP contribution in [0.5, 0.6) is 0 Å². The number of nitro groups is 1. The summed E-state index contributed by atoms with van der Waals surface area (Å²) in [5.74, 6) is -0.217. The van der Waals surface area contributed by atoms with Gasteiger partial charge in [-0.15, -0.1) is 0 Å². The normalized spacial score (nSPS) is 16.9. The van der Waals surface area contributed by atoms with Crippen molar-refractivity contribution in [3.8, 4) is 0 Å². The summed E-state index contributed by atoms with van der Waals surface area (Å²) in [6, 6.07) is 3.94. The maximum atomic E-state index is 12.0. The van der Waals surface area contributed by atoms with Gasteiger partial charge in [-0.3, -0.25) is 14.9 Å². The third-order valence-corrected chi connectivity index (χ3v) is 3.86. The van der Waals surface area contributed by atoms with Crippen molar-refractivity contribution < 1.29 is 9.72 Å². The zero-order valence-corrected chi connectivity index (χ0v) is 11.7. The molecule has 20 heavy (non-hydrogen) atoms. The van der Waals surface area contributed by atoms with Crippen molar-refractivity contribution in [3.05, 3.63) is 33.3 Å². The molecule has 1 aromatic carbocycles. The standard InChI is InChI=1S/C13H16ClN3O3/c14-10-7-9(17(19)20)3-4-11(10)16-12(18)8-13(15)5-1-2-6-13/h3-4,7H,1-2,5-6,8,15H2,(H,16,18). The van der Waals surface area contributed by atoms with E-state index >= 15 is 0 Å². The van der Waals surface area contributed by atoms with Gasteiger partial charge in [-0.05, 0) is 18.9 Å². The van der Waals surface area contributed by atoms with E-state index in [1.807, 2.05) is 0 Å². The maximum Gasteiger partial charge on any atom is 0.271 e. The number of anilines is 1. The number of non-ortho nitro benzene ring substituents is 1. The number of hydrogen-bond donors (Lipinski definition) is 2. The Kier molecular flexibility index (Phi) is 4.25. The molecule has 1 aromatic rings. The predicted octanol–water partition coefficient (Wildman–Crippen LogP) is 2.85. The molecule has 0 unspecified atom stereocenters. The molecule has 1 aliphatic rings. The second-order valence-corrected chi connectivity index (χ2v) is 5.62. The molecule has 1 aliphatic carbocycles. The van der Waals surface area contributed by atoms with E-state index in [0.717, 1.165) is 25.7 Å². The summed E-state index contributed by atoms with van der Waals surface area (Å²) in [6.07, 6.45) is 4.01. The zero-order chi connectivity index (χ0) is 14.8. The Bertz CT molecular complexity index is 542. The van der Waals surface area contributed by atoms with Gasteiger partial charge in [-0.25, -0.2) is 0 Å². The van der Waals surface area contributed by atoms with Crippen LogP contribution < -0.4 is 11.1 Å². The fraction of sp³-hybridized carbons (Fsp3) is 0.462. The molecule has 3 N–H and O–H groups in total. The number of benzene rings is 1. The van der Waals surface area contributed by atoms with E-state index in [2.05, 4.69) is 5.32 Å². The number of carbonyl (C=O) groups is 1. The van der Waals surface area contributed by atoms with E-state index in [1.54, 1.807) is 0 Å². The van der Waals surface area contributed by atoms with Gasteiger partial charge in [0.2, 0.25) is 5.91 Å². The summed E-state index contributed by atoms with van der Waals surface area (Å²) in [7, 11) is 0. The number of nitrogens with two attached hydrogens (primary N) is 1. The van der Waals surface area contributed by atoms with Gasteiger partial charge in [-0.1, -0.05) is 24.4 Å². The Hall–Kier alpha value is -1.66. The molecule has 108 valence electrons. The minimum absolute atomic E-state index is 0.112. The lowest BCUT2D eigenvalue weighted by atomic mass is 9.94. The van der Waals surface area contributed by atoms with E-state index in [1.165, 1.54) is 18.2 Å². The van der Waals surface area contributed by atoms with Gasteiger partial charge in [-0.2, -0.15) is 0 Å². The van der Waals surface area contributed by atoms with Crippen molar-refractivity contribution >= 4 is 28.9 Å². The average Bonchev–Trinajstić information content (AvgIpc) is 2.77. The average molecular weight is 298 g/mol. The molecule has 1 amide bonds. The van der Waals surface area contributed by atoms with Crippen LogP contribution in [0.25, 0.3) is 0 Å². The Labute approximate surface area is 121 Å². The maximum absolute atomic E-state index is 12.0. The highest BCUT2D eigenvalue weighted by molar-refractivity contribution is 6.33. The minimum Gasteiger partial charge on any atom is -0.325 e. The topological polar surface area (TPSA) is 98.3 Å². The largest absolute Gasteiger partial charge is 0.325 e. The number of amides is 1. The van der Waals surface area contributed by atoms with Crippen molar-refractivity contribution in [3.63, 3.8) is 0 Å². The van der Waals surface area contributed by atoms with Crippen LogP contribution in [0.3, 0.4) is 0 Å². The molecule has 0 spiro atoms. The molecule has 2 rings (SSSR count). The van der Waals surface area contributed by atoms with Gasteiger partial charge in [0, 0.05) is 24.1 Å². The predicted molar refractivity (Wildman–Crippen MR) is 76.7 cm³/mol. The van der Waals surface area contributed by atoms with Crippen LogP contribution in [-0.4, -0.2) is 16.4 Å². The molecular weight excluding hydrogens is 282 g/mol. The minimum atomic E-state index is -0.537. The Morgan fingerprint density at radius 3 is 2.65 bits per heavy atom. The molecule has 1 fully saturated rings. The first-order valence-corrected chi connectivity index (χ1v) is 6.80. The summed E-state index contributed by atoms with van der Waals surface area (Å²) < 4.78 is 0. The second-order valence-electron chi connectivity index (χ2n) is 5.22. The number of carbonyl (C=O) groups excluding carboxylic acids is 1. The van der Waals surface area contributed by atoms with Crippen LogP contribution in [0, 0.1) is 10.1 Å². The lowest BCUT2D eigenvalue weighted by Crippen LogP contribution is -2.40. The quantitative estimate of drug-likeness (QED) is 0.659. The number of nitrogens with zero attached hydrogens (tertiary/aromatic N) is 1. The molecule has 0 bridgehead atoms. The van der Waals surface area contributed by atoms with Crippen molar-refractivity contribution in [2.45, 2.75) is 37.6 Å². The lowest BCUT2D eigenvalue weighted by Gasteiger charge is -2.22. The monoisotopic (exact) mass is 297 g/mol. The summed E-state index contributed by atoms with van der Waals surface area (Å²) in [5.41, 5.74) is 5.95. The number of nitro benzene ring substituents is 1. The summed E-state index contributed by atoms with van der Waals surface area (Å²) >= 11 is 5.92. The van der Waals surface area contributed by atoms with Crippen LogP contribution in [0.4, 0.5) is 11.4 Å². The first kappa shape index (κ1) is 14.7. The van der Waals surface area contributed by atoms with E-state index in [9.17, 15) is 14.9 Å². The molecule has 0 saturated heterocycles. The van der Waals surface area contributed by atoms with Gasteiger partial charge in [0.15, 0.2) is 0 Å². The lowest BCUT2D eigenvalue weighted by molar-refractivity contribution is -0.384. The molecular formula is C13H16ClN3O3. The van der Waals surface area contributed by atoms with Crippen molar-refractivity contribution in [2.75, 3.05) is 5.32 Å². The fourth-order valence-electron chi connectivity index (χ4n) is 2.49. The summed E-state index contributed by atoms with van der Waals surface area (Å²) in [5, 5.41) is 13.4. The molecule has 0 heterocycles. The van der Waals surface area contributed by atoms with Gasteiger partial charge in [0.05, 0.1) is 15.6 Å². The highest BCUT2D eigenvalue weighted by Gasteiger charge is 2.31. The van der Waals surface area contributed by atoms with Gasteiger partial charge in [0.25, 0.3) is 5.69 Å². The van der Waals surface area contributed by atoms with Crippen molar-refractivity contribution in [1.82, 2.24) is 0 Å². The van der Waals surface area contributed by atoms with E-state index in [0.29, 0.717) is 5.69 Å². The molecule has 7 heteroatoms. The van der Waals surface area contributed by atoms with E-state index in [-0.39, 0.29) is 23.0 Å². The van der Waals surface area contributed by atoms with E-state index in [4.69, 9.17) is 17.3 Å². The Balaban J connectivity index is 2.02. The van der Waals surface area contributed by atoms with Crippen LogP contribution in [0.1, 0.15) is 32.1 Å². The number of halogens is 1. The molecule has 0 aromatic heterocycles. The van der Waals surface area contributed by atoms with Gasteiger partial charge in [0.1, 0.15) is 0 Å². The van der Waals surface area contributed by atoms with Gasteiger partial charge >= 0.3 is 0 Å². The summed E-state index contributed by atoms with van der Waals surface area (Å²) in [4.78, 5) is 22.0. The number of nitrogens with one attached hydrogen (secondary N) is 1. The first-order chi connectivity index (χ1) is 9.39. The van der Waals surface area contributed by atoms with Crippen LogP contribution in [-0.2, 0) is 4.79 Å². The Morgan fingerprint density at radius 1 is 1.45 bits per heavy atom. The van der Waals surface area contributed by atoms with Crippen molar-refractivity contribution in [1.29, 1.82) is 0 Å². The summed E-state index contributed by atoms with van der Waals surface area (Å²) in [6.45, 7) is 0.